The molecular formula is HKO2Si. The molecular weight excluding hydrogens is 99.2 g/mol. The zero-order chi connectivity index (χ0) is 2.71. The summed E-state index contributed by atoms with van der Waals surface area (Å²) in [4.78, 5) is 0. The van der Waals surface area contributed by atoms with E-state index in [4.69, 9.17) is 8.92 Å². The van der Waals surface area contributed by atoms with Crippen LogP contribution in [0.2, 0.25) is 0 Å². The Bertz CT molecular complexity index is 30.6. The van der Waals surface area contributed by atoms with Crippen molar-refractivity contribution in [3.63, 3.8) is 0 Å². The van der Waals surface area contributed by atoms with Crippen LogP contribution in [-0.4, -0.2) is 9.29 Å². The van der Waals surface area contributed by atoms with Crippen LogP contribution in [0.5, 0.6) is 0 Å². The van der Waals surface area contributed by atoms with Crippen LogP contribution in [-0.2, 0) is 8.92 Å². The van der Waals surface area contributed by atoms with Crippen molar-refractivity contribution in [2.24, 2.45) is 0 Å². The van der Waals surface area contributed by atoms with Crippen LogP contribution in [0.15, 0.2) is 0 Å². The minimum absolute atomic E-state index is 0. The Morgan fingerprint density at radius 2 is 1.50 bits per heavy atom. The van der Waals surface area contributed by atoms with E-state index in [0.717, 1.165) is 0 Å². The molecule has 4 heavy (non-hydrogen) atoms. The summed E-state index contributed by atoms with van der Waals surface area (Å²) in [5.74, 6) is 0. The quantitative estimate of drug-likeness (QED) is 0.296. The summed E-state index contributed by atoms with van der Waals surface area (Å²) in [5.41, 5.74) is 0. The van der Waals surface area contributed by atoms with Gasteiger partial charge in [-0.05, 0) is 0 Å². The van der Waals surface area contributed by atoms with Gasteiger partial charge in [-0.25, -0.2) is 0 Å². The van der Waals surface area contributed by atoms with E-state index in [-0.39, 0.29) is 52.8 Å². The van der Waals surface area contributed by atoms with Crippen LogP contribution in [0.4, 0.5) is 0 Å². The molecule has 0 radical (unpaired) electrons. The summed E-state index contributed by atoms with van der Waals surface area (Å²) in [6, 6.07) is 0. The third-order valence-corrected chi connectivity index (χ3v) is 0. The summed E-state index contributed by atoms with van der Waals surface area (Å²) in [7, 11) is -1.42. The first kappa shape index (κ1) is 9.07. The Morgan fingerprint density at radius 1 is 1.50 bits per heavy atom. The van der Waals surface area contributed by atoms with Crippen LogP contribution in [0.3, 0.4) is 0 Å². The second kappa shape index (κ2) is 8.82. The summed E-state index contributed by atoms with van der Waals surface area (Å²) in [6.07, 6.45) is 0. The first-order valence-electron chi connectivity index (χ1n) is 0.408. The standard InChI is InChI=1S/K.O2Si.H/c;1-3-2;/q+1;;-1. The van der Waals surface area contributed by atoms with Gasteiger partial charge in [0.2, 0.25) is 0 Å². The molecule has 0 saturated carbocycles. The van der Waals surface area contributed by atoms with Crippen LogP contribution < -0.4 is 51.4 Å². The van der Waals surface area contributed by atoms with Gasteiger partial charge in [0.25, 0.3) is 0 Å². The topological polar surface area (TPSA) is 34.1 Å². The molecule has 0 heterocycles. The molecule has 0 unspecified atom stereocenters. The van der Waals surface area contributed by atoms with Crippen molar-refractivity contribution in [3.8, 4) is 0 Å². The molecule has 0 aliphatic heterocycles. The molecule has 0 aromatic heterocycles. The minimum Gasteiger partial charge on any atom is -1.00 e. The van der Waals surface area contributed by atoms with Gasteiger partial charge in [0.15, 0.2) is 0 Å². The summed E-state index contributed by atoms with van der Waals surface area (Å²) < 4.78 is 16.8. The van der Waals surface area contributed by atoms with E-state index in [0.29, 0.717) is 0 Å². The fourth-order valence-electron chi connectivity index (χ4n) is 0. The Hall–Kier alpha value is 1.45. The first-order valence-corrected chi connectivity index (χ1v) is 1.22. The zero-order valence-corrected chi connectivity index (χ0v) is 6.44. The molecule has 0 aromatic carbocycles. The maximum atomic E-state index is 8.40. The Morgan fingerprint density at radius 3 is 1.50 bits per heavy atom. The van der Waals surface area contributed by atoms with Crippen LogP contribution in [0, 0.1) is 0 Å². The summed E-state index contributed by atoms with van der Waals surface area (Å²) >= 11 is 0. The molecule has 0 bridgehead atoms. The van der Waals surface area contributed by atoms with Crippen molar-refractivity contribution in [2.75, 3.05) is 0 Å². The van der Waals surface area contributed by atoms with E-state index in [2.05, 4.69) is 0 Å². The maximum absolute atomic E-state index is 8.40. The van der Waals surface area contributed by atoms with Crippen molar-refractivity contribution in [3.05, 3.63) is 0 Å². The van der Waals surface area contributed by atoms with E-state index in [9.17, 15) is 0 Å². The number of rotatable bonds is 0. The molecule has 0 spiro atoms. The van der Waals surface area contributed by atoms with E-state index in [1.54, 1.807) is 0 Å². The van der Waals surface area contributed by atoms with Gasteiger partial charge < -0.3 is 1.43 Å². The average Bonchev–Trinajstić information content (AvgIpc) is 0.918. The van der Waals surface area contributed by atoms with Gasteiger partial charge in [-0.2, -0.15) is 0 Å². The van der Waals surface area contributed by atoms with Crippen molar-refractivity contribution in [2.45, 2.75) is 0 Å². The van der Waals surface area contributed by atoms with Crippen LogP contribution in [0.25, 0.3) is 0 Å². The molecule has 0 amide bonds. The fourth-order valence-corrected chi connectivity index (χ4v) is 0. The number of hydrogen-bond acceptors (Lipinski definition) is 2. The second-order valence-electron chi connectivity index (χ2n) is 0.0833. The maximum Gasteiger partial charge on any atom is 1.00 e. The van der Waals surface area contributed by atoms with E-state index < -0.39 is 9.29 Å². The summed E-state index contributed by atoms with van der Waals surface area (Å²) in [5, 5.41) is 0. The zero-order valence-electron chi connectivity index (χ0n) is 3.32. The molecule has 2 nitrogen and oxygen atoms in total. The summed E-state index contributed by atoms with van der Waals surface area (Å²) in [6.45, 7) is 0. The monoisotopic (exact) mass is 99.9 g/mol. The van der Waals surface area contributed by atoms with Gasteiger partial charge in [0.1, 0.15) is 0 Å². The van der Waals surface area contributed by atoms with E-state index in [1.807, 2.05) is 0 Å². The molecule has 0 atom stereocenters. The first-order chi connectivity index (χ1) is 1.41. The van der Waals surface area contributed by atoms with Crippen molar-refractivity contribution >= 4 is 9.29 Å². The van der Waals surface area contributed by atoms with Gasteiger partial charge in [-0.1, -0.05) is 0 Å². The Labute approximate surface area is 69.8 Å². The third kappa shape index (κ3) is 9.84. The molecule has 0 saturated heterocycles. The average molecular weight is 100 g/mol. The molecule has 18 valence electrons. The molecule has 0 aromatic rings. The van der Waals surface area contributed by atoms with Gasteiger partial charge in [0, 0.05) is 0 Å². The fraction of sp³-hybridized carbons (Fsp3) is 0. The predicted molar refractivity (Wildman–Crippen MR) is 8.24 cm³/mol. The molecule has 0 N–H and O–H groups in total. The molecule has 4 heteroatoms. The van der Waals surface area contributed by atoms with Crippen LogP contribution >= 0.6 is 0 Å². The van der Waals surface area contributed by atoms with E-state index >= 15 is 0 Å². The van der Waals surface area contributed by atoms with Gasteiger partial charge >= 0.3 is 60.7 Å². The Kier molecular flexibility index (Phi) is 20.0. The molecule has 0 fully saturated rings. The smallest absolute Gasteiger partial charge is 1.00 e. The van der Waals surface area contributed by atoms with Crippen molar-refractivity contribution in [1.82, 2.24) is 0 Å². The molecule has 0 aliphatic carbocycles. The molecule has 0 aliphatic rings. The SMILES string of the molecule is O=[Si]=O.[H-].[K+]. The van der Waals surface area contributed by atoms with E-state index in [1.165, 1.54) is 0 Å². The van der Waals surface area contributed by atoms with Gasteiger partial charge in [0.05, 0.1) is 0 Å². The van der Waals surface area contributed by atoms with Gasteiger partial charge in [-0.3, -0.25) is 8.92 Å². The predicted octanol–water partition coefficient (Wildman–Crippen LogP) is -3.50. The normalized spacial score (nSPS) is 2.00. The molecule has 0 rings (SSSR count). The van der Waals surface area contributed by atoms with Crippen molar-refractivity contribution < 1.29 is 61.7 Å². The van der Waals surface area contributed by atoms with Gasteiger partial charge in [-0.15, -0.1) is 0 Å². The minimum atomic E-state index is -1.42. The van der Waals surface area contributed by atoms with Crippen molar-refractivity contribution in [1.29, 1.82) is 0 Å². The Balaban J connectivity index is -0.0000000200. The third-order valence-electron chi connectivity index (χ3n) is 0. The number of hydrogen-bond donors (Lipinski definition) is 0. The largest absolute Gasteiger partial charge is 1.00 e. The second-order valence-corrected chi connectivity index (χ2v) is 0.250. The van der Waals surface area contributed by atoms with Crippen LogP contribution in [0.1, 0.15) is 1.43 Å².